The van der Waals surface area contributed by atoms with Crippen molar-refractivity contribution in [1.82, 2.24) is 0 Å². The summed E-state index contributed by atoms with van der Waals surface area (Å²) in [6, 6.07) is 2.36. The summed E-state index contributed by atoms with van der Waals surface area (Å²) in [6.07, 6.45) is 6.15. The van der Waals surface area contributed by atoms with Crippen LogP contribution in [0.4, 0.5) is 8.78 Å². The van der Waals surface area contributed by atoms with E-state index in [0.717, 1.165) is 38.7 Å². The van der Waals surface area contributed by atoms with Crippen molar-refractivity contribution in [3.05, 3.63) is 34.9 Å². The van der Waals surface area contributed by atoms with Gasteiger partial charge in [0.05, 0.1) is 6.10 Å². The van der Waals surface area contributed by atoms with Crippen molar-refractivity contribution in [3.8, 4) is 0 Å². The largest absolute Gasteiger partial charge is 0.378 e. The minimum atomic E-state index is -0.642. The molecule has 2 fully saturated rings. The minimum Gasteiger partial charge on any atom is -0.378 e. The minimum absolute atomic E-state index is 0.0288. The first-order valence-electron chi connectivity index (χ1n) is 9.07. The Morgan fingerprint density at radius 1 is 1.04 bits per heavy atom. The number of ether oxygens (including phenoxy) is 1. The number of hydrogen-bond donors (Lipinski definition) is 0. The van der Waals surface area contributed by atoms with E-state index in [1.807, 2.05) is 0 Å². The van der Waals surface area contributed by atoms with Gasteiger partial charge in [0, 0.05) is 23.7 Å². The molecule has 1 saturated carbocycles. The molecule has 2 aliphatic rings. The highest BCUT2D eigenvalue weighted by Crippen LogP contribution is 2.37. The molecule has 24 heavy (non-hydrogen) atoms. The Morgan fingerprint density at radius 2 is 1.67 bits per heavy atom. The van der Waals surface area contributed by atoms with Crippen LogP contribution in [-0.4, -0.2) is 18.5 Å². The van der Waals surface area contributed by atoms with Crippen LogP contribution < -0.4 is 0 Å². The van der Waals surface area contributed by atoms with Crippen molar-refractivity contribution in [3.63, 3.8) is 0 Å². The van der Waals surface area contributed by atoms with Crippen LogP contribution in [0.25, 0.3) is 0 Å². The summed E-state index contributed by atoms with van der Waals surface area (Å²) >= 11 is 0. The summed E-state index contributed by atoms with van der Waals surface area (Å²) in [5, 5.41) is 0. The van der Waals surface area contributed by atoms with Crippen LogP contribution in [0.1, 0.15) is 61.4 Å². The molecule has 1 heterocycles. The number of carbonyl (C=O) groups excluding carboxylic acids is 1. The highest BCUT2D eigenvalue weighted by molar-refractivity contribution is 5.98. The average Bonchev–Trinajstić information content (AvgIpc) is 2.59. The average molecular weight is 336 g/mol. The van der Waals surface area contributed by atoms with E-state index in [1.54, 1.807) is 0 Å². The predicted molar refractivity (Wildman–Crippen MR) is 89.0 cm³/mol. The molecule has 0 bridgehead atoms. The molecule has 2 nitrogen and oxygen atoms in total. The zero-order valence-corrected chi connectivity index (χ0v) is 14.5. The second kappa shape index (κ2) is 7.30. The Labute approximate surface area is 142 Å². The van der Waals surface area contributed by atoms with Gasteiger partial charge in [0.25, 0.3) is 0 Å². The van der Waals surface area contributed by atoms with Gasteiger partial charge in [0.2, 0.25) is 0 Å². The van der Waals surface area contributed by atoms with Crippen LogP contribution >= 0.6 is 0 Å². The van der Waals surface area contributed by atoms with Crippen molar-refractivity contribution in [2.45, 2.75) is 58.5 Å². The fourth-order valence-electron chi connectivity index (χ4n) is 4.05. The van der Waals surface area contributed by atoms with Gasteiger partial charge in [0.15, 0.2) is 5.78 Å². The van der Waals surface area contributed by atoms with Gasteiger partial charge in [-0.1, -0.05) is 6.92 Å². The normalized spacial score (nSPS) is 31.0. The maximum Gasteiger partial charge on any atom is 0.166 e. The lowest BCUT2D eigenvalue weighted by Crippen LogP contribution is -2.34. The lowest BCUT2D eigenvalue weighted by molar-refractivity contribution is -0.0535. The maximum absolute atomic E-state index is 13.7. The van der Waals surface area contributed by atoms with Crippen molar-refractivity contribution in [1.29, 1.82) is 0 Å². The molecule has 1 aliphatic carbocycles. The smallest absolute Gasteiger partial charge is 0.166 e. The molecule has 4 heteroatoms. The molecule has 1 aliphatic heterocycles. The van der Waals surface area contributed by atoms with Crippen LogP contribution in [0.2, 0.25) is 0 Å². The monoisotopic (exact) mass is 336 g/mol. The first kappa shape index (κ1) is 17.5. The molecule has 0 amide bonds. The molecule has 3 rings (SSSR count). The molecule has 0 radical (unpaired) electrons. The molecule has 1 saturated heterocycles. The number of carbonyl (C=O) groups is 1. The van der Waals surface area contributed by atoms with Crippen molar-refractivity contribution in [2.24, 2.45) is 17.8 Å². The number of hydrogen-bond acceptors (Lipinski definition) is 2. The Morgan fingerprint density at radius 3 is 2.21 bits per heavy atom. The standard InChI is InChI=1S/C20H26F2O2/c1-12-3-8-19(24-11-12)14-4-6-15(7-5-14)20(23)16-9-17(21)13(2)18(22)10-16/h9-10,12,14-15,19H,3-8,11H2,1-2H3. The summed E-state index contributed by atoms with van der Waals surface area (Å²) in [6.45, 7) is 4.44. The van der Waals surface area contributed by atoms with Gasteiger partial charge < -0.3 is 4.74 Å². The molecule has 2 atom stereocenters. The van der Waals surface area contributed by atoms with Gasteiger partial charge >= 0.3 is 0 Å². The van der Waals surface area contributed by atoms with Crippen molar-refractivity contribution in [2.75, 3.05) is 6.61 Å². The van der Waals surface area contributed by atoms with E-state index in [9.17, 15) is 13.6 Å². The van der Waals surface area contributed by atoms with Crippen LogP contribution in [0, 0.1) is 36.3 Å². The van der Waals surface area contributed by atoms with E-state index in [0.29, 0.717) is 17.9 Å². The van der Waals surface area contributed by atoms with Crippen LogP contribution in [0.5, 0.6) is 0 Å². The second-order valence-electron chi connectivity index (χ2n) is 7.60. The van der Waals surface area contributed by atoms with Crippen LogP contribution in [-0.2, 0) is 4.74 Å². The van der Waals surface area contributed by atoms with Gasteiger partial charge in [-0.15, -0.1) is 0 Å². The molecule has 0 spiro atoms. The summed E-state index contributed by atoms with van der Waals surface area (Å²) in [5.41, 5.74) is 0.140. The van der Waals surface area contributed by atoms with E-state index in [-0.39, 0.29) is 22.8 Å². The van der Waals surface area contributed by atoms with E-state index in [1.165, 1.54) is 25.5 Å². The molecule has 0 N–H and O–H groups in total. The molecule has 132 valence electrons. The third-order valence-corrected chi connectivity index (χ3v) is 5.77. The van der Waals surface area contributed by atoms with Crippen LogP contribution in [0.15, 0.2) is 12.1 Å². The molecule has 1 aromatic carbocycles. The Kier molecular flexibility index (Phi) is 5.33. The van der Waals surface area contributed by atoms with E-state index >= 15 is 0 Å². The molecular weight excluding hydrogens is 310 g/mol. The maximum atomic E-state index is 13.7. The second-order valence-corrected chi connectivity index (χ2v) is 7.60. The van der Waals surface area contributed by atoms with Gasteiger partial charge in [-0.05, 0) is 69.4 Å². The summed E-state index contributed by atoms with van der Waals surface area (Å²) < 4.78 is 33.4. The highest BCUT2D eigenvalue weighted by Gasteiger charge is 2.33. The summed E-state index contributed by atoms with van der Waals surface area (Å²) in [5.74, 6) is -0.359. The van der Waals surface area contributed by atoms with E-state index in [2.05, 4.69) is 6.92 Å². The highest BCUT2D eigenvalue weighted by atomic mass is 19.1. The fourth-order valence-corrected chi connectivity index (χ4v) is 4.05. The molecule has 0 aromatic heterocycles. The Bertz CT molecular complexity index is 575. The predicted octanol–water partition coefficient (Wildman–Crippen LogP) is 5.08. The van der Waals surface area contributed by atoms with Crippen molar-refractivity contribution >= 4 is 5.78 Å². The first-order valence-corrected chi connectivity index (χ1v) is 9.07. The first-order chi connectivity index (χ1) is 11.5. The third kappa shape index (κ3) is 3.69. The molecule has 2 unspecified atom stereocenters. The number of benzene rings is 1. The SMILES string of the molecule is Cc1c(F)cc(C(=O)C2CCC(C3CCC(C)CO3)CC2)cc1F. The number of rotatable bonds is 3. The zero-order valence-electron chi connectivity index (χ0n) is 14.5. The van der Waals surface area contributed by atoms with Gasteiger partial charge in [-0.2, -0.15) is 0 Å². The quantitative estimate of drug-likeness (QED) is 0.720. The van der Waals surface area contributed by atoms with E-state index < -0.39 is 11.6 Å². The number of halogens is 2. The van der Waals surface area contributed by atoms with Gasteiger partial charge in [-0.25, -0.2) is 8.78 Å². The Balaban J connectivity index is 1.59. The fraction of sp³-hybridized carbons (Fsp3) is 0.650. The zero-order chi connectivity index (χ0) is 17.3. The number of ketones is 1. The summed E-state index contributed by atoms with van der Waals surface area (Å²) in [7, 11) is 0. The lowest BCUT2D eigenvalue weighted by atomic mass is 9.75. The van der Waals surface area contributed by atoms with Crippen molar-refractivity contribution < 1.29 is 18.3 Å². The molecular formula is C20H26F2O2. The summed E-state index contributed by atoms with van der Waals surface area (Å²) in [4.78, 5) is 12.6. The third-order valence-electron chi connectivity index (χ3n) is 5.77. The topological polar surface area (TPSA) is 26.3 Å². The lowest BCUT2D eigenvalue weighted by Gasteiger charge is -2.36. The van der Waals surface area contributed by atoms with Gasteiger partial charge in [0.1, 0.15) is 11.6 Å². The number of Topliss-reactive ketones (excluding diaryl/α,β-unsaturated/α-hetero) is 1. The van der Waals surface area contributed by atoms with E-state index in [4.69, 9.17) is 4.74 Å². The van der Waals surface area contributed by atoms with Gasteiger partial charge in [-0.3, -0.25) is 4.79 Å². The molecule has 1 aromatic rings. The van der Waals surface area contributed by atoms with Crippen LogP contribution in [0.3, 0.4) is 0 Å². The Hall–Kier alpha value is -1.29.